The molecular weight excluding hydrogens is 312 g/mol. The lowest BCUT2D eigenvalue weighted by Gasteiger charge is -2.20. The van der Waals surface area contributed by atoms with Gasteiger partial charge in [0.2, 0.25) is 5.88 Å². The molecule has 23 heavy (non-hydrogen) atoms. The van der Waals surface area contributed by atoms with Crippen LogP contribution in [-0.4, -0.2) is 24.3 Å². The fourth-order valence-corrected chi connectivity index (χ4v) is 2.29. The number of carbonyl (C=O) groups is 1. The molecule has 7 heteroatoms. The Labute approximate surface area is 141 Å². The van der Waals surface area contributed by atoms with Gasteiger partial charge < -0.3 is 15.5 Å². The monoisotopic (exact) mass is 336 g/mol. The number of urea groups is 1. The largest absolute Gasteiger partial charge is 0.481 e. The van der Waals surface area contributed by atoms with Gasteiger partial charge in [0.1, 0.15) is 0 Å². The van der Waals surface area contributed by atoms with Crippen molar-refractivity contribution in [2.45, 2.75) is 39.5 Å². The zero-order valence-corrected chi connectivity index (χ0v) is 15.0. The van der Waals surface area contributed by atoms with Crippen molar-refractivity contribution in [1.29, 1.82) is 5.41 Å². The SMILES string of the molecule is C=C(C=N)SNC(=O)Nc1c(C(C)C)cc(OC)nc1C(C)C. The van der Waals surface area contributed by atoms with Crippen molar-refractivity contribution in [2.75, 3.05) is 12.4 Å². The maximum atomic E-state index is 12.1. The highest BCUT2D eigenvalue weighted by Gasteiger charge is 2.19. The molecule has 3 N–H and O–H groups in total. The number of ether oxygens (including phenoxy) is 1. The lowest BCUT2D eigenvalue weighted by Crippen LogP contribution is -2.25. The molecule has 0 aliphatic carbocycles. The molecule has 0 spiro atoms. The van der Waals surface area contributed by atoms with Crippen LogP contribution in [0.3, 0.4) is 0 Å². The number of anilines is 1. The second-order valence-corrected chi connectivity index (χ2v) is 6.53. The molecule has 0 aromatic carbocycles. The van der Waals surface area contributed by atoms with Gasteiger partial charge in [0.05, 0.1) is 18.5 Å². The standard InChI is InChI=1S/C16H24N4O2S/c1-9(2)12-7-13(22-6)18-14(10(3)4)15(12)19-16(21)20-23-11(5)8-17/h7-10,17H,5H2,1-4,6H3,(H2,19,20,21). The van der Waals surface area contributed by atoms with E-state index in [0.29, 0.717) is 16.5 Å². The van der Waals surface area contributed by atoms with Gasteiger partial charge in [0, 0.05) is 17.2 Å². The predicted molar refractivity (Wildman–Crippen MR) is 96.6 cm³/mol. The van der Waals surface area contributed by atoms with Crippen LogP contribution in [0.1, 0.15) is 50.8 Å². The molecule has 0 bridgehead atoms. The molecule has 1 aromatic heterocycles. The topological polar surface area (TPSA) is 87.1 Å². The Morgan fingerprint density at radius 2 is 2.04 bits per heavy atom. The van der Waals surface area contributed by atoms with E-state index in [2.05, 4.69) is 21.6 Å². The van der Waals surface area contributed by atoms with Crippen LogP contribution in [0.15, 0.2) is 17.6 Å². The van der Waals surface area contributed by atoms with Gasteiger partial charge in [-0.2, -0.15) is 0 Å². The Bertz CT molecular complexity index is 571. The van der Waals surface area contributed by atoms with Crippen molar-refractivity contribution in [3.63, 3.8) is 0 Å². The van der Waals surface area contributed by atoms with Crippen LogP contribution < -0.4 is 14.8 Å². The van der Waals surface area contributed by atoms with E-state index >= 15 is 0 Å². The second kappa shape index (κ2) is 8.57. The Hall–Kier alpha value is -2.02. The highest BCUT2D eigenvalue weighted by atomic mass is 32.2. The Kier molecular flexibility index (Phi) is 7.09. The van der Waals surface area contributed by atoms with Crippen molar-refractivity contribution in [2.24, 2.45) is 0 Å². The molecule has 6 nitrogen and oxygen atoms in total. The number of aromatic nitrogens is 1. The fraction of sp³-hybridized carbons (Fsp3) is 0.438. The Morgan fingerprint density at radius 3 is 2.52 bits per heavy atom. The average Bonchev–Trinajstić information content (AvgIpc) is 2.51. The molecule has 0 radical (unpaired) electrons. The van der Waals surface area contributed by atoms with Gasteiger partial charge in [-0.15, -0.1) is 0 Å². The number of carbonyl (C=O) groups excluding carboxylic acids is 1. The van der Waals surface area contributed by atoms with E-state index in [1.807, 2.05) is 33.8 Å². The first-order valence-electron chi connectivity index (χ1n) is 7.32. The van der Waals surface area contributed by atoms with E-state index in [-0.39, 0.29) is 17.9 Å². The number of hydrogen-bond acceptors (Lipinski definition) is 5. The summed E-state index contributed by atoms with van der Waals surface area (Å²) >= 11 is 0.995. The molecule has 0 saturated carbocycles. The zero-order chi connectivity index (χ0) is 17.6. The quantitative estimate of drug-likeness (QED) is 0.512. The van der Waals surface area contributed by atoms with E-state index in [4.69, 9.17) is 10.1 Å². The van der Waals surface area contributed by atoms with Crippen LogP contribution >= 0.6 is 11.9 Å². The Morgan fingerprint density at radius 1 is 1.39 bits per heavy atom. The third-order valence-corrected chi connectivity index (χ3v) is 3.77. The van der Waals surface area contributed by atoms with Crippen LogP contribution in [-0.2, 0) is 0 Å². The van der Waals surface area contributed by atoms with Crippen LogP contribution in [0, 0.1) is 5.41 Å². The highest BCUT2D eigenvalue weighted by Crippen LogP contribution is 2.34. The molecule has 1 heterocycles. The van der Waals surface area contributed by atoms with E-state index in [9.17, 15) is 4.79 Å². The number of nitrogens with one attached hydrogen (secondary N) is 3. The third kappa shape index (κ3) is 5.28. The van der Waals surface area contributed by atoms with Crippen LogP contribution in [0.4, 0.5) is 10.5 Å². The third-order valence-electron chi connectivity index (χ3n) is 3.11. The van der Waals surface area contributed by atoms with Crippen LogP contribution in [0.2, 0.25) is 0 Å². The van der Waals surface area contributed by atoms with Gasteiger partial charge in [-0.3, -0.25) is 4.72 Å². The highest BCUT2D eigenvalue weighted by molar-refractivity contribution is 8.02. The number of methoxy groups -OCH3 is 1. The molecule has 0 aliphatic rings. The second-order valence-electron chi connectivity index (χ2n) is 5.59. The van der Waals surface area contributed by atoms with Crippen molar-refractivity contribution >= 4 is 29.9 Å². The molecule has 1 rings (SSSR count). The summed E-state index contributed by atoms with van der Waals surface area (Å²) in [7, 11) is 1.58. The Balaban J connectivity index is 3.14. The maximum absolute atomic E-state index is 12.1. The molecule has 0 atom stereocenters. The van der Waals surface area contributed by atoms with Crippen molar-refractivity contribution < 1.29 is 9.53 Å². The van der Waals surface area contributed by atoms with E-state index in [0.717, 1.165) is 29.4 Å². The minimum atomic E-state index is -0.381. The summed E-state index contributed by atoms with van der Waals surface area (Å²) in [5.41, 5.74) is 2.44. The molecular formula is C16H24N4O2S. The van der Waals surface area contributed by atoms with Crippen LogP contribution in [0.5, 0.6) is 5.88 Å². The van der Waals surface area contributed by atoms with E-state index < -0.39 is 0 Å². The first kappa shape index (κ1) is 19.0. The molecule has 126 valence electrons. The van der Waals surface area contributed by atoms with Gasteiger partial charge in [-0.25, -0.2) is 9.78 Å². The zero-order valence-electron chi connectivity index (χ0n) is 14.2. The summed E-state index contributed by atoms with van der Waals surface area (Å²) < 4.78 is 7.87. The smallest absolute Gasteiger partial charge is 0.329 e. The van der Waals surface area contributed by atoms with E-state index in [1.165, 1.54) is 0 Å². The molecule has 2 amide bonds. The summed E-state index contributed by atoms with van der Waals surface area (Å²) in [5.74, 6) is 0.862. The minimum Gasteiger partial charge on any atom is -0.481 e. The van der Waals surface area contributed by atoms with Gasteiger partial charge in [0.25, 0.3) is 0 Å². The summed E-state index contributed by atoms with van der Waals surface area (Å²) in [6.45, 7) is 11.7. The van der Waals surface area contributed by atoms with Crippen molar-refractivity contribution in [3.05, 3.63) is 28.8 Å². The summed E-state index contributed by atoms with van der Waals surface area (Å²) in [6, 6.07) is 1.46. The predicted octanol–water partition coefficient (Wildman–Crippen LogP) is 4.27. The first-order valence-corrected chi connectivity index (χ1v) is 8.13. The van der Waals surface area contributed by atoms with Gasteiger partial charge in [-0.05, 0) is 29.3 Å². The number of hydrogen-bond donors (Lipinski definition) is 3. The lowest BCUT2D eigenvalue weighted by atomic mass is 9.97. The van der Waals surface area contributed by atoms with Crippen molar-refractivity contribution in [1.82, 2.24) is 9.71 Å². The lowest BCUT2D eigenvalue weighted by molar-refractivity contribution is 0.257. The van der Waals surface area contributed by atoms with E-state index in [1.54, 1.807) is 7.11 Å². The van der Waals surface area contributed by atoms with Crippen molar-refractivity contribution in [3.8, 4) is 5.88 Å². The summed E-state index contributed by atoms with van der Waals surface area (Å²) in [4.78, 5) is 17.0. The number of pyridine rings is 1. The van der Waals surface area contributed by atoms with Gasteiger partial charge >= 0.3 is 6.03 Å². The minimum absolute atomic E-state index is 0.127. The maximum Gasteiger partial charge on any atom is 0.329 e. The molecule has 0 unspecified atom stereocenters. The fourth-order valence-electron chi connectivity index (χ4n) is 1.95. The molecule has 0 saturated heterocycles. The number of nitrogens with zero attached hydrogens (tertiary/aromatic N) is 1. The number of amides is 2. The molecule has 0 aliphatic heterocycles. The molecule has 1 aromatic rings. The molecule has 0 fully saturated rings. The normalized spacial score (nSPS) is 10.6. The summed E-state index contributed by atoms with van der Waals surface area (Å²) in [6.07, 6.45) is 1.08. The first-order chi connectivity index (χ1) is 10.8. The average molecular weight is 336 g/mol. The van der Waals surface area contributed by atoms with Gasteiger partial charge in [-0.1, -0.05) is 34.3 Å². The van der Waals surface area contributed by atoms with Gasteiger partial charge in [0.15, 0.2) is 0 Å². The number of rotatable bonds is 7. The summed E-state index contributed by atoms with van der Waals surface area (Å²) in [5, 5.41) is 9.93. The van der Waals surface area contributed by atoms with Crippen LogP contribution in [0.25, 0.3) is 0 Å². The number of allylic oxidation sites excluding steroid dienone is 1.